The molecule has 40 heavy (non-hydrogen) atoms. The Morgan fingerprint density at radius 1 is 1.07 bits per heavy atom. The van der Waals surface area contributed by atoms with Crippen molar-refractivity contribution in [3.63, 3.8) is 0 Å². The van der Waals surface area contributed by atoms with Gasteiger partial charge >= 0.3 is 63.5 Å². The number of nitrogens with one attached hydrogen (secondary N) is 1. The number of benzene rings is 2. The van der Waals surface area contributed by atoms with Crippen molar-refractivity contribution in [3.8, 4) is 22.5 Å². The monoisotopic (exact) mass is 592 g/mol. The fourth-order valence-electron chi connectivity index (χ4n) is 4.05. The van der Waals surface area contributed by atoms with Crippen molar-refractivity contribution in [2.24, 2.45) is 0 Å². The number of esters is 1. The molecule has 11 nitrogen and oxygen atoms in total. The second-order valence-corrected chi connectivity index (χ2v) is 8.97. The maximum atomic E-state index is 13.1. The maximum absolute atomic E-state index is 13.1. The second-order valence-electron chi connectivity index (χ2n) is 8.61. The Hall–Kier alpha value is -2.61. The summed E-state index contributed by atoms with van der Waals surface area (Å²) in [5.41, 5.74) is 3.80. The van der Waals surface area contributed by atoms with E-state index in [2.05, 4.69) is 32.5 Å². The minimum atomic E-state index is -1.17. The van der Waals surface area contributed by atoms with E-state index in [9.17, 15) is 9.59 Å². The number of aromatic nitrogens is 6. The van der Waals surface area contributed by atoms with Gasteiger partial charge in [0.1, 0.15) is 5.82 Å². The zero-order valence-electron chi connectivity index (χ0n) is 23.9. The number of ether oxygens (including phenoxy) is 3. The molecule has 206 valence electrons. The largest absolute Gasteiger partial charge is 1.00 e. The zero-order chi connectivity index (χ0) is 27.8. The Morgan fingerprint density at radius 3 is 2.45 bits per heavy atom. The number of halogens is 1. The molecule has 2 aromatic heterocycles. The van der Waals surface area contributed by atoms with E-state index in [1.807, 2.05) is 48.5 Å². The topological polar surface area (TPSA) is 134 Å². The Bertz CT molecular complexity index is 1420. The van der Waals surface area contributed by atoms with Crippen molar-refractivity contribution in [2.75, 3.05) is 6.61 Å². The fourth-order valence-corrected chi connectivity index (χ4v) is 4.33. The third kappa shape index (κ3) is 7.99. The van der Waals surface area contributed by atoms with Crippen LogP contribution in [-0.4, -0.2) is 55.2 Å². The summed E-state index contributed by atoms with van der Waals surface area (Å²) in [6.07, 6.45) is 0.351. The van der Waals surface area contributed by atoms with Crippen LogP contribution in [-0.2, 0) is 27.2 Å². The number of imidazole rings is 1. The normalized spacial score (nSPS) is 11.4. The van der Waals surface area contributed by atoms with Crippen LogP contribution in [0.15, 0.2) is 48.5 Å². The van der Waals surface area contributed by atoms with Gasteiger partial charge in [-0.3, -0.25) is 0 Å². The number of aryl methyl sites for hydroxylation is 1. The van der Waals surface area contributed by atoms with Gasteiger partial charge in [0.25, 0.3) is 0 Å². The second kappa shape index (κ2) is 15.4. The minimum absolute atomic E-state index is 0. The standard InChI is InChI=1S/C27H29ClN6O5.K.H/c1-4-6-11-22-29-24(28)23(26(35)38-17(3)39-27(36)37-5-2)34(22)16-18-12-14-19(15-13-18)20-9-7-8-10-21(20)25-30-32-33-31-25;;/h7-10,12-15,17H,4-6,11,16H2,1-3H3,(H,30,31,32,33);;/q;+1;-1/t17-;;/m1../s1. The number of hydrogen-bond acceptors (Lipinski definition) is 9. The smallest absolute Gasteiger partial charge is 1.00 e. The van der Waals surface area contributed by atoms with Crippen molar-refractivity contribution < 1.29 is 76.6 Å². The first-order valence-corrected chi connectivity index (χ1v) is 13.0. The summed E-state index contributed by atoms with van der Waals surface area (Å²) in [6.45, 7) is 5.62. The molecule has 1 N–H and O–H groups in total. The maximum Gasteiger partial charge on any atom is 1.00 e. The van der Waals surface area contributed by atoms with Crippen LogP contribution in [0.1, 0.15) is 56.9 Å². The van der Waals surface area contributed by atoms with Gasteiger partial charge in [-0.2, -0.15) is 5.21 Å². The van der Waals surface area contributed by atoms with Crippen LogP contribution in [0.2, 0.25) is 5.15 Å². The summed E-state index contributed by atoms with van der Waals surface area (Å²) < 4.78 is 16.8. The minimum Gasteiger partial charge on any atom is -1.00 e. The van der Waals surface area contributed by atoms with E-state index in [0.717, 1.165) is 35.1 Å². The number of aromatic amines is 1. The molecule has 0 bridgehead atoms. The predicted octanol–water partition coefficient (Wildman–Crippen LogP) is 2.57. The van der Waals surface area contributed by atoms with Crippen molar-refractivity contribution >= 4 is 23.7 Å². The predicted molar refractivity (Wildman–Crippen MR) is 144 cm³/mol. The van der Waals surface area contributed by atoms with E-state index in [0.29, 0.717) is 24.6 Å². The molecule has 2 aromatic carbocycles. The van der Waals surface area contributed by atoms with Gasteiger partial charge in [-0.1, -0.05) is 73.5 Å². The van der Waals surface area contributed by atoms with Crippen LogP contribution in [0.5, 0.6) is 0 Å². The van der Waals surface area contributed by atoms with E-state index in [-0.39, 0.29) is 70.3 Å². The molecule has 0 aliphatic rings. The molecule has 13 heteroatoms. The molecule has 0 saturated carbocycles. The van der Waals surface area contributed by atoms with Gasteiger partial charge in [0, 0.05) is 25.5 Å². The summed E-state index contributed by atoms with van der Waals surface area (Å²) >= 11 is 6.42. The summed E-state index contributed by atoms with van der Waals surface area (Å²) in [5, 5.41) is 14.4. The molecule has 0 radical (unpaired) electrons. The van der Waals surface area contributed by atoms with Crippen LogP contribution in [0.3, 0.4) is 0 Å². The number of H-pyrrole nitrogens is 1. The third-order valence-electron chi connectivity index (χ3n) is 5.87. The first kappa shape index (κ1) is 31.9. The van der Waals surface area contributed by atoms with Crippen molar-refractivity contribution in [3.05, 3.63) is 70.8 Å². The molecular weight excluding hydrogens is 563 g/mol. The van der Waals surface area contributed by atoms with Gasteiger partial charge in [-0.25, -0.2) is 14.6 Å². The third-order valence-corrected chi connectivity index (χ3v) is 6.13. The number of nitrogens with zero attached hydrogens (tertiary/aromatic N) is 5. The number of hydrogen-bond donors (Lipinski definition) is 1. The van der Waals surface area contributed by atoms with Crippen molar-refractivity contribution in [1.82, 2.24) is 30.2 Å². The van der Waals surface area contributed by atoms with E-state index in [4.69, 9.17) is 25.8 Å². The van der Waals surface area contributed by atoms with Gasteiger partial charge in [-0.15, -0.1) is 10.2 Å². The first-order valence-electron chi connectivity index (χ1n) is 12.6. The molecule has 0 saturated heterocycles. The summed E-state index contributed by atoms with van der Waals surface area (Å²) in [6, 6.07) is 15.7. The molecule has 0 spiro atoms. The quantitative estimate of drug-likeness (QED) is 0.158. The number of rotatable bonds is 11. The van der Waals surface area contributed by atoms with E-state index in [1.54, 1.807) is 11.5 Å². The molecule has 4 aromatic rings. The number of unbranched alkanes of at least 4 members (excludes halogenated alkanes) is 1. The molecular formula is C27H30ClKN6O5. The molecule has 0 amide bonds. The zero-order valence-corrected chi connectivity index (χ0v) is 26.8. The Morgan fingerprint density at radius 2 is 1.80 bits per heavy atom. The van der Waals surface area contributed by atoms with Gasteiger partial charge in [-0.05, 0) is 35.2 Å². The summed E-state index contributed by atoms with van der Waals surface area (Å²) in [4.78, 5) is 29.1. The first-order chi connectivity index (χ1) is 18.9. The number of carbonyl (C=O) groups excluding carboxylic acids is 2. The van der Waals surface area contributed by atoms with E-state index >= 15 is 0 Å². The molecule has 4 rings (SSSR count). The van der Waals surface area contributed by atoms with Gasteiger partial charge in [0.2, 0.25) is 12.1 Å². The Labute approximate surface area is 280 Å². The van der Waals surface area contributed by atoms with Crippen LogP contribution in [0.4, 0.5) is 4.79 Å². The van der Waals surface area contributed by atoms with E-state index < -0.39 is 18.4 Å². The molecule has 0 unspecified atom stereocenters. The van der Waals surface area contributed by atoms with Gasteiger partial charge < -0.3 is 20.2 Å². The molecule has 0 fully saturated rings. The molecule has 1 atom stereocenters. The molecule has 0 aliphatic carbocycles. The molecule has 2 heterocycles. The molecule has 0 aliphatic heterocycles. The van der Waals surface area contributed by atoms with Crippen molar-refractivity contribution in [2.45, 2.75) is 52.9 Å². The van der Waals surface area contributed by atoms with Crippen LogP contribution >= 0.6 is 11.6 Å². The summed E-state index contributed by atoms with van der Waals surface area (Å²) in [5.74, 6) is 0.421. The van der Waals surface area contributed by atoms with Gasteiger partial charge in [0.05, 0.1) is 6.61 Å². The SMILES string of the molecule is CCCCc1nc(Cl)c(C(=O)O[C@@H](C)OC(=O)OCC)n1Cc1ccc(-c2ccccc2-c2nn[nH]n2)cc1.[H-].[K+]. The van der Waals surface area contributed by atoms with Crippen LogP contribution in [0, 0.1) is 0 Å². The summed E-state index contributed by atoms with van der Waals surface area (Å²) in [7, 11) is 0. The average Bonchev–Trinajstić information content (AvgIpc) is 3.56. The van der Waals surface area contributed by atoms with Crippen LogP contribution in [0.25, 0.3) is 22.5 Å². The number of tetrazole rings is 1. The van der Waals surface area contributed by atoms with Crippen LogP contribution < -0.4 is 51.4 Å². The number of carbonyl (C=O) groups is 2. The fraction of sp³-hybridized carbons (Fsp3) is 0.333. The van der Waals surface area contributed by atoms with Gasteiger partial charge in [0.15, 0.2) is 10.8 Å². The van der Waals surface area contributed by atoms with Crippen molar-refractivity contribution in [1.29, 1.82) is 0 Å². The Balaban J connectivity index is 0.00000294. The Kier molecular flexibility index (Phi) is 12.3. The van der Waals surface area contributed by atoms with E-state index in [1.165, 1.54) is 6.92 Å². The average molecular weight is 593 g/mol.